The molecule has 0 radical (unpaired) electrons. The number of amides is 1. The van der Waals surface area contributed by atoms with Gasteiger partial charge in [-0.15, -0.1) is 0 Å². The van der Waals surface area contributed by atoms with E-state index in [1.807, 2.05) is 18.2 Å². The Labute approximate surface area is 187 Å². The van der Waals surface area contributed by atoms with Crippen molar-refractivity contribution in [1.82, 2.24) is 14.9 Å². The van der Waals surface area contributed by atoms with E-state index in [0.717, 1.165) is 36.2 Å². The Hall–Kier alpha value is -3.54. The standard InChI is InChI=1S/C26H27F2N3O/c1-18(2)5-4-6-19(3)13-14-30-26(32)25-16-29-17-31(25)22-10-7-20(8-11-22)21-9-12-23(27)24(28)15-21/h5,7-13,15-17H,4,6,14H2,1-3H3,(H,30,32)/b19-13+. The molecule has 0 aliphatic carbocycles. The molecule has 0 aliphatic rings. The van der Waals surface area contributed by atoms with E-state index in [1.54, 1.807) is 23.0 Å². The van der Waals surface area contributed by atoms with Gasteiger partial charge in [0.15, 0.2) is 11.6 Å². The number of carbonyl (C=O) groups excluding carboxylic acids is 1. The van der Waals surface area contributed by atoms with Crippen molar-refractivity contribution in [2.45, 2.75) is 33.6 Å². The highest BCUT2D eigenvalue weighted by Crippen LogP contribution is 2.23. The molecule has 0 bridgehead atoms. The van der Waals surface area contributed by atoms with Crippen molar-refractivity contribution >= 4 is 5.91 Å². The summed E-state index contributed by atoms with van der Waals surface area (Å²) in [5.41, 5.74) is 5.01. The summed E-state index contributed by atoms with van der Waals surface area (Å²) in [6.07, 6.45) is 9.27. The first kappa shape index (κ1) is 23.1. The first-order valence-electron chi connectivity index (χ1n) is 10.5. The van der Waals surface area contributed by atoms with Crippen LogP contribution in [0.3, 0.4) is 0 Å². The van der Waals surface area contributed by atoms with Gasteiger partial charge in [-0.1, -0.05) is 41.5 Å². The molecule has 1 aromatic heterocycles. The Kier molecular flexibility index (Phi) is 7.71. The number of aromatic nitrogens is 2. The maximum Gasteiger partial charge on any atom is 0.270 e. The smallest absolute Gasteiger partial charge is 0.270 e. The number of nitrogens with zero attached hydrogens (tertiary/aromatic N) is 2. The van der Waals surface area contributed by atoms with Gasteiger partial charge in [0.1, 0.15) is 5.69 Å². The van der Waals surface area contributed by atoms with Crippen LogP contribution in [-0.4, -0.2) is 22.0 Å². The van der Waals surface area contributed by atoms with Crippen LogP contribution in [0.5, 0.6) is 0 Å². The number of rotatable bonds is 8. The van der Waals surface area contributed by atoms with Crippen molar-refractivity contribution in [2.24, 2.45) is 0 Å². The first-order valence-corrected chi connectivity index (χ1v) is 10.5. The number of nitrogens with one attached hydrogen (secondary N) is 1. The molecule has 0 spiro atoms. The number of hydrogen-bond donors (Lipinski definition) is 1. The zero-order valence-corrected chi connectivity index (χ0v) is 18.5. The van der Waals surface area contributed by atoms with E-state index in [2.05, 4.69) is 37.1 Å². The van der Waals surface area contributed by atoms with Gasteiger partial charge in [-0.3, -0.25) is 9.36 Å². The molecule has 0 aliphatic heterocycles. The Morgan fingerprint density at radius 3 is 2.41 bits per heavy atom. The van der Waals surface area contributed by atoms with E-state index in [4.69, 9.17) is 0 Å². The summed E-state index contributed by atoms with van der Waals surface area (Å²) < 4.78 is 28.4. The predicted octanol–water partition coefficient (Wildman–Crippen LogP) is 6.24. The van der Waals surface area contributed by atoms with E-state index in [1.165, 1.54) is 23.4 Å². The first-order chi connectivity index (χ1) is 15.3. The summed E-state index contributed by atoms with van der Waals surface area (Å²) in [4.78, 5) is 16.8. The quantitative estimate of drug-likeness (QED) is 0.426. The molecule has 2 aromatic carbocycles. The fourth-order valence-corrected chi connectivity index (χ4v) is 3.26. The predicted molar refractivity (Wildman–Crippen MR) is 124 cm³/mol. The van der Waals surface area contributed by atoms with E-state index in [-0.39, 0.29) is 5.91 Å². The largest absolute Gasteiger partial charge is 0.347 e. The minimum Gasteiger partial charge on any atom is -0.347 e. The lowest BCUT2D eigenvalue weighted by Crippen LogP contribution is -2.25. The Bertz CT molecular complexity index is 1140. The molecule has 6 heteroatoms. The normalized spacial score (nSPS) is 11.3. The van der Waals surface area contributed by atoms with Crippen LogP contribution < -0.4 is 5.32 Å². The molecule has 3 aromatic rings. The number of carbonyl (C=O) groups is 1. The molecule has 1 N–H and O–H groups in total. The Morgan fingerprint density at radius 2 is 1.72 bits per heavy atom. The van der Waals surface area contributed by atoms with Gasteiger partial charge in [0.25, 0.3) is 5.91 Å². The maximum absolute atomic E-state index is 13.5. The number of hydrogen-bond acceptors (Lipinski definition) is 2. The van der Waals surface area contributed by atoms with Crippen molar-refractivity contribution in [2.75, 3.05) is 6.54 Å². The second kappa shape index (κ2) is 10.7. The fourth-order valence-electron chi connectivity index (χ4n) is 3.26. The van der Waals surface area contributed by atoms with Crippen LogP contribution in [0, 0.1) is 11.6 Å². The van der Waals surface area contributed by atoms with Gasteiger partial charge in [-0.25, -0.2) is 13.8 Å². The lowest BCUT2D eigenvalue weighted by atomic mass is 10.1. The van der Waals surface area contributed by atoms with Crippen molar-refractivity contribution in [3.63, 3.8) is 0 Å². The summed E-state index contributed by atoms with van der Waals surface area (Å²) >= 11 is 0. The van der Waals surface area contributed by atoms with E-state index >= 15 is 0 Å². The molecule has 0 saturated carbocycles. The van der Waals surface area contributed by atoms with Gasteiger partial charge in [-0.2, -0.15) is 0 Å². The highest BCUT2D eigenvalue weighted by atomic mass is 19.2. The molecule has 1 amide bonds. The van der Waals surface area contributed by atoms with Gasteiger partial charge in [0, 0.05) is 12.2 Å². The Morgan fingerprint density at radius 1 is 1.00 bits per heavy atom. The molecule has 4 nitrogen and oxygen atoms in total. The number of imidazole rings is 1. The van der Waals surface area contributed by atoms with Crippen molar-refractivity contribution < 1.29 is 13.6 Å². The van der Waals surface area contributed by atoms with Crippen LogP contribution in [0.2, 0.25) is 0 Å². The summed E-state index contributed by atoms with van der Waals surface area (Å²) in [7, 11) is 0. The minimum atomic E-state index is -0.888. The molecular formula is C26H27F2N3O. The average molecular weight is 436 g/mol. The summed E-state index contributed by atoms with van der Waals surface area (Å²) in [6, 6.07) is 11.0. The average Bonchev–Trinajstić information content (AvgIpc) is 3.25. The number of allylic oxidation sites excluding steroid dienone is 3. The van der Waals surface area contributed by atoms with Crippen LogP contribution in [0.1, 0.15) is 44.1 Å². The maximum atomic E-state index is 13.5. The molecule has 3 rings (SSSR count). The molecular weight excluding hydrogens is 408 g/mol. The number of halogens is 2. The molecule has 166 valence electrons. The van der Waals surface area contributed by atoms with Crippen molar-refractivity contribution in [1.29, 1.82) is 0 Å². The summed E-state index contributed by atoms with van der Waals surface area (Å²) in [6.45, 7) is 6.67. The second-order valence-corrected chi connectivity index (χ2v) is 7.91. The van der Waals surface area contributed by atoms with Gasteiger partial charge in [-0.05, 0) is 69.0 Å². The molecule has 0 unspecified atom stereocenters. The molecule has 32 heavy (non-hydrogen) atoms. The Balaban J connectivity index is 1.66. The fraction of sp³-hybridized carbons (Fsp3) is 0.231. The van der Waals surface area contributed by atoms with Crippen LogP contribution in [-0.2, 0) is 0 Å². The summed E-state index contributed by atoms with van der Waals surface area (Å²) in [5.74, 6) is -1.99. The van der Waals surface area contributed by atoms with Crippen LogP contribution in [0.15, 0.2) is 78.3 Å². The third-order valence-corrected chi connectivity index (χ3v) is 5.07. The SMILES string of the molecule is CC(C)=CCC/C(C)=C/CNC(=O)c1cncn1-c1ccc(-c2ccc(F)c(F)c2)cc1. The molecule has 0 fully saturated rings. The summed E-state index contributed by atoms with van der Waals surface area (Å²) in [5, 5.41) is 2.91. The van der Waals surface area contributed by atoms with E-state index in [0.29, 0.717) is 17.8 Å². The van der Waals surface area contributed by atoms with Gasteiger partial charge in [0.2, 0.25) is 0 Å². The second-order valence-electron chi connectivity index (χ2n) is 7.91. The monoisotopic (exact) mass is 435 g/mol. The highest BCUT2D eigenvalue weighted by molar-refractivity contribution is 5.93. The highest BCUT2D eigenvalue weighted by Gasteiger charge is 2.13. The van der Waals surface area contributed by atoms with Crippen LogP contribution in [0.25, 0.3) is 16.8 Å². The topological polar surface area (TPSA) is 46.9 Å². The third-order valence-electron chi connectivity index (χ3n) is 5.07. The van der Waals surface area contributed by atoms with E-state index in [9.17, 15) is 13.6 Å². The van der Waals surface area contributed by atoms with Crippen molar-refractivity contribution in [3.05, 3.63) is 95.6 Å². The lowest BCUT2D eigenvalue weighted by molar-refractivity contribution is 0.0951. The minimum absolute atomic E-state index is 0.222. The molecule has 0 saturated heterocycles. The molecule has 1 heterocycles. The molecule has 0 atom stereocenters. The number of benzene rings is 2. The third kappa shape index (κ3) is 6.00. The van der Waals surface area contributed by atoms with Gasteiger partial charge in [0.05, 0.1) is 12.5 Å². The lowest BCUT2D eigenvalue weighted by Gasteiger charge is -2.10. The van der Waals surface area contributed by atoms with E-state index < -0.39 is 11.6 Å². The van der Waals surface area contributed by atoms with Crippen LogP contribution >= 0.6 is 0 Å². The van der Waals surface area contributed by atoms with Crippen LogP contribution in [0.4, 0.5) is 8.78 Å². The van der Waals surface area contributed by atoms with Gasteiger partial charge < -0.3 is 5.32 Å². The van der Waals surface area contributed by atoms with Gasteiger partial charge >= 0.3 is 0 Å². The zero-order chi connectivity index (χ0) is 23.1. The zero-order valence-electron chi connectivity index (χ0n) is 18.5. The van der Waals surface area contributed by atoms with Crippen molar-refractivity contribution in [3.8, 4) is 16.8 Å².